The largest absolute Gasteiger partial charge is 0.489 e. The molecule has 5 rings (SSSR count). The van der Waals surface area contributed by atoms with Crippen molar-refractivity contribution in [3.05, 3.63) is 60.2 Å². The summed E-state index contributed by atoms with van der Waals surface area (Å²) >= 11 is 0. The van der Waals surface area contributed by atoms with Crippen LogP contribution in [0.3, 0.4) is 0 Å². The molecule has 0 bridgehead atoms. The number of hydrogen-bond donors (Lipinski definition) is 0. The van der Waals surface area contributed by atoms with Gasteiger partial charge in [0.05, 0.1) is 11.8 Å². The van der Waals surface area contributed by atoms with Gasteiger partial charge in [-0.1, -0.05) is 47.6 Å². The quantitative estimate of drug-likeness (QED) is 0.539. The number of piperidine rings is 1. The molecule has 3 aliphatic heterocycles. The second kappa shape index (κ2) is 12.0. The lowest BCUT2D eigenvalue weighted by Crippen LogP contribution is -2.49. The molecule has 2 fully saturated rings. The van der Waals surface area contributed by atoms with Gasteiger partial charge in [-0.15, -0.1) is 0 Å². The fourth-order valence-electron chi connectivity index (χ4n) is 5.65. The van der Waals surface area contributed by atoms with Crippen LogP contribution in [0.4, 0.5) is 5.69 Å². The Morgan fingerprint density at radius 3 is 2.41 bits per heavy atom. The zero-order valence-corrected chi connectivity index (χ0v) is 22.2. The van der Waals surface area contributed by atoms with Crippen LogP contribution in [0.15, 0.2) is 59.8 Å². The molecule has 0 N–H and O–H groups in total. The fraction of sp³-hybridized carbons (Fsp3) is 0.533. The summed E-state index contributed by atoms with van der Waals surface area (Å²) in [6.07, 6.45) is 3.91. The molecule has 1 unspecified atom stereocenters. The van der Waals surface area contributed by atoms with Gasteiger partial charge < -0.3 is 19.4 Å². The topological polar surface area (TPSA) is 57.6 Å². The summed E-state index contributed by atoms with van der Waals surface area (Å²) in [4.78, 5) is 25.6. The molecule has 198 valence electrons. The van der Waals surface area contributed by atoms with Crippen molar-refractivity contribution >= 4 is 17.3 Å². The van der Waals surface area contributed by atoms with Gasteiger partial charge in [0.1, 0.15) is 17.6 Å². The van der Waals surface area contributed by atoms with E-state index in [1.54, 1.807) is 0 Å². The van der Waals surface area contributed by atoms with Gasteiger partial charge in [-0.3, -0.25) is 9.69 Å². The molecule has 1 amide bonds. The summed E-state index contributed by atoms with van der Waals surface area (Å²) < 4.78 is 6.02. The van der Waals surface area contributed by atoms with Crippen LogP contribution in [-0.2, 0) is 16.1 Å². The molecule has 37 heavy (non-hydrogen) atoms. The van der Waals surface area contributed by atoms with Gasteiger partial charge >= 0.3 is 0 Å². The highest BCUT2D eigenvalue weighted by atomic mass is 16.6. The number of para-hydroxylation sites is 2. The molecule has 2 saturated heterocycles. The molecule has 7 nitrogen and oxygen atoms in total. The zero-order chi connectivity index (χ0) is 25.6. The smallest absolute Gasteiger partial charge is 0.271 e. The zero-order valence-electron chi connectivity index (χ0n) is 22.2. The fourth-order valence-corrected chi connectivity index (χ4v) is 5.65. The van der Waals surface area contributed by atoms with Gasteiger partial charge in [0.2, 0.25) is 0 Å². The highest BCUT2D eigenvalue weighted by molar-refractivity contribution is 6.39. The number of rotatable bonds is 8. The van der Waals surface area contributed by atoms with E-state index < -0.39 is 0 Å². The van der Waals surface area contributed by atoms with Crippen molar-refractivity contribution in [3.63, 3.8) is 0 Å². The van der Waals surface area contributed by atoms with Crippen LogP contribution in [0, 0.1) is 5.92 Å². The lowest BCUT2D eigenvalue weighted by molar-refractivity contribution is -0.125. The van der Waals surface area contributed by atoms with Gasteiger partial charge in [0.15, 0.2) is 0 Å². The summed E-state index contributed by atoms with van der Waals surface area (Å²) in [6, 6.07) is 19.0. The molecule has 3 aliphatic rings. The van der Waals surface area contributed by atoms with Crippen LogP contribution in [0.25, 0.3) is 0 Å². The molecule has 1 atom stereocenters. The maximum absolute atomic E-state index is 13.1. The van der Waals surface area contributed by atoms with Crippen LogP contribution in [0.2, 0.25) is 0 Å². The number of carbonyl (C=O) groups is 1. The van der Waals surface area contributed by atoms with Crippen molar-refractivity contribution in [2.24, 2.45) is 11.1 Å². The molecular formula is C30H40N4O3. The van der Waals surface area contributed by atoms with Crippen LogP contribution in [0.1, 0.15) is 38.7 Å². The van der Waals surface area contributed by atoms with Gasteiger partial charge in [0.25, 0.3) is 5.91 Å². The Kier molecular flexibility index (Phi) is 8.29. The number of ether oxygens (including phenoxy) is 1. The Hall–Kier alpha value is -3.06. The highest BCUT2D eigenvalue weighted by Gasteiger charge is 2.33. The minimum Gasteiger partial charge on any atom is -0.489 e. The van der Waals surface area contributed by atoms with E-state index >= 15 is 0 Å². The Balaban J connectivity index is 1.04. The molecule has 0 spiro atoms. The van der Waals surface area contributed by atoms with Crippen LogP contribution < -0.4 is 9.64 Å². The minimum atomic E-state index is -0.0438. The average Bonchev–Trinajstić information content (AvgIpc) is 3.38. The number of anilines is 1. The molecule has 7 heteroatoms. The maximum atomic E-state index is 13.1. The molecule has 2 aromatic carbocycles. The first-order chi connectivity index (χ1) is 18.0. The lowest BCUT2D eigenvalue weighted by Gasteiger charge is -2.37. The number of nitrogens with zero attached hydrogens (tertiary/aromatic N) is 4. The van der Waals surface area contributed by atoms with E-state index in [1.807, 2.05) is 11.0 Å². The Bertz CT molecular complexity index is 1060. The number of oxime groups is 1. The Morgan fingerprint density at radius 1 is 0.973 bits per heavy atom. The van der Waals surface area contributed by atoms with E-state index in [0.717, 1.165) is 76.5 Å². The predicted octanol–water partition coefficient (Wildman–Crippen LogP) is 4.22. The number of piperazine rings is 1. The summed E-state index contributed by atoms with van der Waals surface area (Å²) in [6.45, 7) is 10.3. The van der Waals surface area contributed by atoms with Gasteiger partial charge in [0, 0.05) is 52.2 Å². The first kappa shape index (κ1) is 25.6. The predicted molar refractivity (Wildman–Crippen MR) is 147 cm³/mol. The molecule has 0 radical (unpaired) electrons. The van der Waals surface area contributed by atoms with E-state index in [1.165, 1.54) is 5.56 Å². The first-order valence-electron chi connectivity index (χ1n) is 13.8. The van der Waals surface area contributed by atoms with Crippen LogP contribution in [-0.4, -0.2) is 79.4 Å². The third kappa shape index (κ3) is 6.63. The second-order valence-electron chi connectivity index (χ2n) is 10.8. The van der Waals surface area contributed by atoms with E-state index in [2.05, 4.69) is 77.3 Å². The minimum absolute atomic E-state index is 0.0438. The van der Waals surface area contributed by atoms with Crippen molar-refractivity contribution in [2.45, 2.75) is 51.7 Å². The molecule has 0 aromatic heterocycles. The summed E-state index contributed by atoms with van der Waals surface area (Å²) in [7, 11) is 0. The van der Waals surface area contributed by atoms with Crippen molar-refractivity contribution in [1.82, 2.24) is 9.80 Å². The van der Waals surface area contributed by atoms with E-state index in [4.69, 9.17) is 9.57 Å². The SMILES string of the molecule is CC(C)Oc1ccccc1N1CCN(CC2CC(C(=O)N3CCC(Cc4ccccc4)CC3)=NO2)CC1. The third-order valence-electron chi connectivity index (χ3n) is 7.65. The van der Waals surface area contributed by atoms with Crippen LogP contribution >= 0.6 is 0 Å². The van der Waals surface area contributed by atoms with Crippen molar-refractivity contribution in [3.8, 4) is 5.75 Å². The Morgan fingerprint density at radius 2 is 1.68 bits per heavy atom. The van der Waals surface area contributed by atoms with Crippen molar-refractivity contribution in [1.29, 1.82) is 0 Å². The standard InChI is InChI=1S/C30H40N4O3/c1-23(2)36-29-11-7-6-10-28(29)33-18-16-32(17-19-33)22-26-21-27(31-37-26)30(35)34-14-12-25(13-15-34)20-24-8-4-3-5-9-24/h3-11,23,25-26H,12-22H2,1-2H3. The van der Waals surface area contributed by atoms with Gasteiger partial charge in [-0.2, -0.15) is 0 Å². The third-order valence-corrected chi connectivity index (χ3v) is 7.65. The first-order valence-corrected chi connectivity index (χ1v) is 13.8. The van der Waals surface area contributed by atoms with E-state index in [-0.39, 0.29) is 18.1 Å². The normalized spacial score (nSPS) is 21.2. The average molecular weight is 505 g/mol. The summed E-state index contributed by atoms with van der Waals surface area (Å²) in [5.41, 5.74) is 3.14. The highest BCUT2D eigenvalue weighted by Crippen LogP contribution is 2.30. The monoisotopic (exact) mass is 504 g/mol. The molecule has 0 aliphatic carbocycles. The number of benzene rings is 2. The number of hydrogen-bond acceptors (Lipinski definition) is 6. The molecule has 3 heterocycles. The summed E-state index contributed by atoms with van der Waals surface area (Å²) in [5, 5.41) is 4.22. The molecule has 2 aromatic rings. The lowest BCUT2D eigenvalue weighted by atomic mass is 9.90. The van der Waals surface area contributed by atoms with Gasteiger partial charge in [-0.25, -0.2) is 0 Å². The Labute approximate surface area is 221 Å². The van der Waals surface area contributed by atoms with Crippen molar-refractivity contribution in [2.75, 3.05) is 50.7 Å². The van der Waals surface area contributed by atoms with Gasteiger partial charge in [-0.05, 0) is 56.7 Å². The van der Waals surface area contributed by atoms with E-state index in [0.29, 0.717) is 18.1 Å². The molecule has 0 saturated carbocycles. The number of likely N-dealkylation sites (tertiary alicyclic amines) is 1. The number of carbonyl (C=O) groups excluding carboxylic acids is 1. The molecular weight excluding hydrogens is 464 g/mol. The number of amides is 1. The second-order valence-corrected chi connectivity index (χ2v) is 10.8. The van der Waals surface area contributed by atoms with Crippen LogP contribution in [0.5, 0.6) is 5.75 Å². The van der Waals surface area contributed by atoms with E-state index in [9.17, 15) is 4.79 Å². The maximum Gasteiger partial charge on any atom is 0.271 e. The summed E-state index contributed by atoms with van der Waals surface area (Å²) in [5.74, 6) is 1.65. The van der Waals surface area contributed by atoms with Crippen molar-refractivity contribution < 1.29 is 14.4 Å².